The van der Waals surface area contributed by atoms with E-state index >= 15 is 0 Å². The van der Waals surface area contributed by atoms with E-state index in [1.54, 1.807) is 0 Å². The van der Waals surface area contributed by atoms with E-state index in [1.807, 2.05) is 11.8 Å². The number of guanidine groups is 1. The van der Waals surface area contributed by atoms with Crippen LogP contribution in [0.15, 0.2) is 4.99 Å². The van der Waals surface area contributed by atoms with Crippen LogP contribution in [0.5, 0.6) is 0 Å². The van der Waals surface area contributed by atoms with Gasteiger partial charge >= 0.3 is 0 Å². The zero-order chi connectivity index (χ0) is 9.47. The molecule has 0 saturated carbocycles. The van der Waals surface area contributed by atoms with E-state index in [9.17, 15) is 4.79 Å². The lowest BCUT2D eigenvalue weighted by Gasteiger charge is -2.25. The van der Waals surface area contributed by atoms with Crippen LogP contribution in [0.1, 0.15) is 19.8 Å². The summed E-state index contributed by atoms with van der Waals surface area (Å²) in [6.07, 6.45) is 2.22. The Morgan fingerprint density at radius 1 is 1.77 bits per heavy atom. The number of carbonyl (C=O) groups is 1. The highest BCUT2D eigenvalue weighted by Crippen LogP contribution is 2.42. The van der Waals surface area contributed by atoms with Crippen LogP contribution in [0.3, 0.4) is 0 Å². The van der Waals surface area contributed by atoms with Crippen LogP contribution in [0.2, 0.25) is 0 Å². The number of nitrogens with zero attached hydrogens (tertiary/aromatic N) is 1. The smallest absolute Gasteiger partial charge is 0.253 e. The summed E-state index contributed by atoms with van der Waals surface area (Å²) < 4.78 is -0.0365. The Bertz CT molecular complexity index is 271. The Hall–Kier alpha value is -0.710. The zero-order valence-corrected chi connectivity index (χ0v) is 8.36. The molecule has 1 amide bonds. The van der Waals surface area contributed by atoms with Gasteiger partial charge in [0.1, 0.15) is 6.04 Å². The number of carbonyl (C=O) groups excluding carboxylic acids is 1. The van der Waals surface area contributed by atoms with Crippen LogP contribution >= 0.6 is 11.8 Å². The summed E-state index contributed by atoms with van der Waals surface area (Å²) in [6.45, 7) is 2.09. The monoisotopic (exact) mass is 199 g/mol. The van der Waals surface area contributed by atoms with Gasteiger partial charge in [-0.15, -0.1) is 0 Å². The maximum atomic E-state index is 11.5. The maximum Gasteiger partial charge on any atom is 0.253 e. The molecular weight excluding hydrogens is 186 g/mol. The SMILES string of the molecule is CC1(C2N=C(N)NC2=O)CCCS1. The number of hydrogen-bond donors (Lipinski definition) is 2. The van der Waals surface area contributed by atoms with Crippen molar-refractivity contribution in [2.75, 3.05) is 5.75 Å². The van der Waals surface area contributed by atoms with Crippen LogP contribution in [0.25, 0.3) is 0 Å². The van der Waals surface area contributed by atoms with Crippen molar-refractivity contribution in [3.05, 3.63) is 0 Å². The Morgan fingerprint density at radius 3 is 3.00 bits per heavy atom. The first-order chi connectivity index (χ1) is 6.12. The van der Waals surface area contributed by atoms with Crippen molar-refractivity contribution in [3.8, 4) is 0 Å². The van der Waals surface area contributed by atoms with Crippen molar-refractivity contribution in [2.24, 2.45) is 10.7 Å². The number of nitrogens with one attached hydrogen (secondary N) is 1. The molecule has 2 aliphatic heterocycles. The Kier molecular flexibility index (Phi) is 1.98. The maximum absolute atomic E-state index is 11.5. The molecule has 0 aromatic carbocycles. The minimum Gasteiger partial charge on any atom is -0.370 e. The predicted molar refractivity (Wildman–Crippen MR) is 53.7 cm³/mol. The van der Waals surface area contributed by atoms with Gasteiger partial charge in [0.05, 0.1) is 0 Å². The largest absolute Gasteiger partial charge is 0.370 e. The summed E-state index contributed by atoms with van der Waals surface area (Å²) in [7, 11) is 0. The van der Waals surface area contributed by atoms with E-state index < -0.39 is 0 Å². The number of nitrogens with two attached hydrogens (primary N) is 1. The quantitative estimate of drug-likeness (QED) is 0.628. The van der Waals surface area contributed by atoms with Crippen molar-refractivity contribution in [1.29, 1.82) is 0 Å². The molecule has 0 aromatic rings. The molecule has 2 rings (SSSR count). The van der Waals surface area contributed by atoms with Gasteiger partial charge in [0.2, 0.25) is 0 Å². The summed E-state index contributed by atoms with van der Waals surface area (Å²) in [5.74, 6) is 1.34. The van der Waals surface area contributed by atoms with Gasteiger partial charge in [0.25, 0.3) is 5.91 Å². The Morgan fingerprint density at radius 2 is 2.54 bits per heavy atom. The van der Waals surface area contributed by atoms with Crippen molar-refractivity contribution < 1.29 is 4.79 Å². The normalized spacial score (nSPS) is 39.0. The van der Waals surface area contributed by atoms with E-state index in [-0.39, 0.29) is 22.7 Å². The van der Waals surface area contributed by atoms with E-state index in [1.165, 1.54) is 6.42 Å². The Labute approximate surface area is 81.4 Å². The fourth-order valence-corrected chi connectivity index (χ4v) is 3.22. The topological polar surface area (TPSA) is 67.5 Å². The molecule has 2 aliphatic rings. The number of amides is 1. The van der Waals surface area contributed by atoms with Crippen LogP contribution < -0.4 is 11.1 Å². The summed E-state index contributed by atoms with van der Waals surface area (Å²) in [5, 5.41) is 2.54. The van der Waals surface area contributed by atoms with Crippen molar-refractivity contribution in [1.82, 2.24) is 5.32 Å². The first-order valence-electron chi connectivity index (χ1n) is 4.40. The third-order valence-corrected chi connectivity index (χ3v) is 4.18. The van der Waals surface area contributed by atoms with Gasteiger partial charge < -0.3 is 5.73 Å². The highest BCUT2D eigenvalue weighted by molar-refractivity contribution is 8.01. The highest BCUT2D eigenvalue weighted by Gasteiger charge is 2.44. The molecule has 5 heteroatoms. The van der Waals surface area contributed by atoms with E-state index in [2.05, 4.69) is 17.2 Å². The second-order valence-corrected chi connectivity index (χ2v) is 5.30. The van der Waals surface area contributed by atoms with E-state index in [0.717, 1.165) is 12.2 Å². The minimum atomic E-state index is -0.278. The summed E-state index contributed by atoms with van der Waals surface area (Å²) in [4.78, 5) is 15.6. The van der Waals surface area contributed by atoms with Gasteiger partial charge in [-0.2, -0.15) is 11.8 Å². The Balaban J connectivity index is 2.20. The number of rotatable bonds is 1. The molecular formula is C8H13N3OS. The zero-order valence-electron chi connectivity index (χ0n) is 7.54. The van der Waals surface area contributed by atoms with Crippen molar-refractivity contribution in [3.63, 3.8) is 0 Å². The molecule has 2 atom stereocenters. The molecule has 13 heavy (non-hydrogen) atoms. The van der Waals surface area contributed by atoms with Gasteiger partial charge in [0.15, 0.2) is 5.96 Å². The molecule has 0 radical (unpaired) electrons. The lowest BCUT2D eigenvalue weighted by Crippen LogP contribution is -2.41. The van der Waals surface area contributed by atoms with Crippen LogP contribution in [-0.4, -0.2) is 28.4 Å². The van der Waals surface area contributed by atoms with Crippen LogP contribution in [0.4, 0.5) is 0 Å². The molecule has 0 spiro atoms. The molecule has 1 fully saturated rings. The summed E-state index contributed by atoms with van der Waals surface area (Å²) in [6, 6.07) is -0.278. The molecule has 4 nitrogen and oxygen atoms in total. The number of thioether (sulfide) groups is 1. The van der Waals surface area contributed by atoms with Crippen LogP contribution in [0, 0.1) is 0 Å². The summed E-state index contributed by atoms with van der Waals surface area (Å²) >= 11 is 1.82. The first-order valence-corrected chi connectivity index (χ1v) is 5.38. The molecule has 0 bridgehead atoms. The lowest BCUT2D eigenvalue weighted by atomic mass is 9.96. The van der Waals surface area contributed by atoms with Gasteiger partial charge in [-0.25, -0.2) is 4.99 Å². The third-order valence-electron chi connectivity index (χ3n) is 2.60. The van der Waals surface area contributed by atoms with Gasteiger partial charge in [-0.05, 0) is 25.5 Å². The van der Waals surface area contributed by atoms with E-state index in [0.29, 0.717) is 0 Å². The highest BCUT2D eigenvalue weighted by atomic mass is 32.2. The molecule has 72 valence electrons. The van der Waals surface area contributed by atoms with Gasteiger partial charge in [0, 0.05) is 4.75 Å². The lowest BCUT2D eigenvalue weighted by molar-refractivity contribution is -0.120. The molecule has 2 heterocycles. The predicted octanol–water partition coefficient (Wildman–Crippen LogP) is 0.0852. The van der Waals surface area contributed by atoms with Gasteiger partial charge in [-0.3, -0.25) is 10.1 Å². The molecule has 1 saturated heterocycles. The molecule has 2 unspecified atom stereocenters. The second-order valence-electron chi connectivity index (χ2n) is 3.67. The van der Waals surface area contributed by atoms with E-state index in [4.69, 9.17) is 5.73 Å². The number of aliphatic imine (C=N–C) groups is 1. The standard InChI is InChI=1S/C8H13N3OS/c1-8(3-2-4-13-8)5-6(12)11-7(9)10-5/h5H,2-4H2,1H3,(H3,9,10,11,12). The fraction of sp³-hybridized carbons (Fsp3) is 0.750. The first kappa shape index (κ1) is 8.87. The average Bonchev–Trinajstić information content (AvgIpc) is 2.59. The fourth-order valence-electron chi connectivity index (χ4n) is 1.85. The molecule has 3 N–H and O–H groups in total. The third kappa shape index (κ3) is 1.41. The summed E-state index contributed by atoms with van der Waals surface area (Å²) in [5.41, 5.74) is 5.45. The van der Waals surface area contributed by atoms with Crippen molar-refractivity contribution in [2.45, 2.75) is 30.6 Å². The van der Waals surface area contributed by atoms with Gasteiger partial charge in [-0.1, -0.05) is 0 Å². The minimum absolute atomic E-state index is 0.0365. The second kappa shape index (κ2) is 2.90. The number of hydrogen-bond acceptors (Lipinski definition) is 4. The molecule has 0 aliphatic carbocycles. The average molecular weight is 199 g/mol. The van der Waals surface area contributed by atoms with Crippen molar-refractivity contribution >= 4 is 23.6 Å². The molecule has 0 aromatic heterocycles. The van der Waals surface area contributed by atoms with Crippen LogP contribution in [-0.2, 0) is 4.79 Å².